The summed E-state index contributed by atoms with van der Waals surface area (Å²) in [5, 5.41) is 2.93. The molecule has 0 bridgehead atoms. The zero-order valence-electron chi connectivity index (χ0n) is 21.0. The van der Waals surface area contributed by atoms with Crippen molar-refractivity contribution < 1.29 is 28.5 Å². The van der Waals surface area contributed by atoms with Gasteiger partial charge in [-0.15, -0.1) is 0 Å². The lowest BCUT2D eigenvalue weighted by atomic mass is 10.1. The molecule has 0 spiro atoms. The molecule has 0 radical (unpaired) electrons. The number of nitrogens with zero attached hydrogens (tertiary/aromatic N) is 2. The Morgan fingerprint density at radius 2 is 1.81 bits per heavy atom. The van der Waals surface area contributed by atoms with E-state index in [4.69, 9.17) is 18.9 Å². The molecule has 1 N–H and O–H groups in total. The van der Waals surface area contributed by atoms with Gasteiger partial charge in [-0.25, -0.2) is 0 Å². The van der Waals surface area contributed by atoms with Gasteiger partial charge in [0.05, 0.1) is 45.2 Å². The van der Waals surface area contributed by atoms with Gasteiger partial charge < -0.3 is 29.2 Å². The summed E-state index contributed by atoms with van der Waals surface area (Å²) in [4.78, 5) is 31.6. The predicted octanol–water partition coefficient (Wildman–Crippen LogP) is 3.90. The van der Waals surface area contributed by atoms with E-state index in [-0.39, 0.29) is 17.9 Å². The number of amides is 2. The number of fused-ring (bicyclic) bond motifs is 2. The van der Waals surface area contributed by atoms with Crippen LogP contribution in [0.15, 0.2) is 35.3 Å². The van der Waals surface area contributed by atoms with Crippen molar-refractivity contribution in [3.05, 3.63) is 41.5 Å². The predicted molar refractivity (Wildman–Crippen MR) is 136 cm³/mol. The maximum atomic E-state index is 13.0. The minimum atomic E-state index is -0.0270. The molecule has 9 heteroatoms. The first-order valence-electron chi connectivity index (χ1n) is 12.2. The van der Waals surface area contributed by atoms with Crippen LogP contribution in [0, 0.1) is 0 Å². The summed E-state index contributed by atoms with van der Waals surface area (Å²) in [5.74, 6) is 2.28. The maximum Gasteiger partial charge on any atom is 0.256 e. The van der Waals surface area contributed by atoms with E-state index in [0.717, 1.165) is 24.9 Å². The van der Waals surface area contributed by atoms with Crippen molar-refractivity contribution in [3.8, 4) is 23.0 Å². The molecule has 2 aromatic rings. The van der Waals surface area contributed by atoms with E-state index in [0.29, 0.717) is 66.7 Å². The highest BCUT2D eigenvalue weighted by molar-refractivity contribution is 6.03. The SMILES string of the molecule is COc1ccc(CNC(=O)CCCCOc2cc3c(cc2OC)C(=O)N2CCC[C@H]2C=N3)cc1OC. The summed E-state index contributed by atoms with van der Waals surface area (Å²) in [6.45, 7) is 1.58. The smallest absolute Gasteiger partial charge is 0.256 e. The second-order valence-electron chi connectivity index (χ2n) is 8.78. The number of nitrogens with one attached hydrogen (secondary N) is 1. The van der Waals surface area contributed by atoms with E-state index in [1.54, 1.807) is 33.5 Å². The van der Waals surface area contributed by atoms with E-state index in [2.05, 4.69) is 10.3 Å². The highest BCUT2D eigenvalue weighted by atomic mass is 16.5. The highest BCUT2D eigenvalue weighted by Gasteiger charge is 2.32. The van der Waals surface area contributed by atoms with Crippen LogP contribution in [0.25, 0.3) is 0 Å². The summed E-state index contributed by atoms with van der Waals surface area (Å²) in [7, 11) is 4.72. The number of ether oxygens (including phenoxy) is 4. The Balaban J connectivity index is 1.25. The molecule has 0 aromatic heterocycles. The fourth-order valence-electron chi connectivity index (χ4n) is 4.47. The Morgan fingerprint density at radius 1 is 1.03 bits per heavy atom. The van der Waals surface area contributed by atoms with E-state index < -0.39 is 0 Å². The molecule has 0 aliphatic carbocycles. The molecule has 2 aliphatic rings. The lowest BCUT2D eigenvalue weighted by Crippen LogP contribution is -2.35. The zero-order chi connectivity index (χ0) is 25.5. The van der Waals surface area contributed by atoms with E-state index >= 15 is 0 Å². The first-order valence-corrected chi connectivity index (χ1v) is 12.2. The average Bonchev–Trinajstić information content (AvgIpc) is 3.34. The molecule has 1 fully saturated rings. The van der Waals surface area contributed by atoms with Crippen molar-refractivity contribution in [1.82, 2.24) is 10.2 Å². The summed E-state index contributed by atoms with van der Waals surface area (Å²) in [6, 6.07) is 9.09. The van der Waals surface area contributed by atoms with Crippen LogP contribution in [0.3, 0.4) is 0 Å². The monoisotopic (exact) mass is 495 g/mol. The van der Waals surface area contributed by atoms with Crippen LogP contribution in [-0.2, 0) is 11.3 Å². The molecule has 36 heavy (non-hydrogen) atoms. The van der Waals surface area contributed by atoms with Crippen molar-refractivity contribution in [2.75, 3.05) is 34.5 Å². The molecular weight excluding hydrogens is 462 g/mol. The number of carbonyl (C=O) groups is 2. The summed E-state index contributed by atoms with van der Waals surface area (Å²) in [6.07, 6.45) is 5.55. The molecule has 2 aliphatic heterocycles. The van der Waals surface area contributed by atoms with Crippen LogP contribution < -0.4 is 24.3 Å². The Bertz CT molecular complexity index is 1130. The number of unbranched alkanes of at least 4 members (excludes halogenated alkanes) is 1. The van der Waals surface area contributed by atoms with Crippen LogP contribution >= 0.6 is 0 Å². The van der Waals surface area contributed by atoms with Crippen molar-refractivity contribution in [1.29, 1.82) is 0 Å². The molecule has 1 saturated heterocycles. The van der Waals surface area contributed by atoms with Gasteiger partial charge in [-0.1, -0.05) is 6.07 Å². The molecular formula is C27H33N3O6. The van der Waals surface area contributed by atoms with E-state index in [9.17, 15) is 9.59 Å². The first-order chi connectivity index (χ1) is 17.5. The highest BCUT2D eigenvalue weighted by Crippen LogP contribution is 2.38. The van der Waals surface area contributed by atoms with Crippen LogP contribution in [-0.4, -0.2) is 63.5 Å². The fourth-order valence-corrected chi connectivity index (χ4v) is 4.47. The van der Waals surface area contributed by atoms with Crippen LogP contribution in [0.5, 0.6) is 23.0 Å². The van der Waals surface area contributed by atoms with E-state index in [1.807, 2.05) is 29.3 Å². The van der Waals surface area contributed by atoms with Crippen molar-refractivity contribution in [3.63, 3.8) is 0 Å². The van der Waals surface area contributed by atoms with Crippen molar-refractivity contribution >= 4 is 23.7 Å². The minimum absolute atomic E-state index is 0.0195. The number of aliphatic imine (C=N–C) groups is 1. The molecule has 9 nitrogen and oxygen atoms in total. The second-order valence-corrected chi connectivity index (χ2v) is 8.78. The zero-order valence-corrected chi connectivity index (χ0v) is 21.0. The lowest BCUT2D eigenvalue weighted by molar-refractivity contribution is -0.121. The van der Waals surface area contributed by atoms with Gasteiger partial charge in [-0.05, 0) is 49.4 Å². The van der Waals surface area contributed by atoms with Crippen LogP contribution in [0.4, 0.5) is 5.69 Å². The Hall–Kier alpha value is -3.75. The molecule has 2 amide bonds. The number of benzene rings is 2. The Labute approximate surface area is 211 Å². The third kappa shape index (κ3) is 5.72. The third-order valence-electron chi connectivity index (χ3n) is 6.45. The first kappa shape index (κ1) is 25.3. The second kappa shape index (κ2) is 11.8. The molecule has 4 rings (SSSR count). The fraction of sp³-hybridized carbons (Fsp3) is 0.444. The van der Waals surface area contributed by atoms with Crippen LogP contribution in [0.2, 0.25) is 0 Å². The van der Waals surface area contributed by atoms with E-state index in [1.165, 1.54) is 0 Å². The van der Waals surface area contributed by atoms with Gasteiger partial charge in [0.15, 0.2) is 23.0 Å². The molecule has 1 atom stereocenters. The van der Waals surface area contributed by atoms with Crippen molar-refractivity contribution in [2.24, 2.45) is 4.99 Å². The molecule has 192 valence electrons. The molecule has 2 aromatic carbocycles. The lowest BCUT2D eigenvalue weighted by Gasteiger charge is -2.20. The number of rotatable bonds is 11. The third-order valence-corrected chi connectivity index (χ3v) is 6.45. The van der Waals surface area contributed by atoms with Crippen LogP contribution in [0.1, 0.15) is 48.0 Å². The van der Waals surface area contributed by atoms with Gasteiger partial charge >= 0.3 is 0 Å². The van der Waals surface area contributed by atoms with Gasteiger partial charge in [-0.2, -0.15) is 0 Å². The number of hydrogen-bond donors (Lipinski definition) is 1. The quantitative estimate of drug-likeness (QED) is 0.475. The van der Waals surface area contributed by atoms with Gasteiger partial charge in [0.25, 0.3) is 5.91 Å². The van der Waals surface area contributed by atoms with Crippen molar-refractivity contribution in [2.45, 2.75) is 44.7 Å². The summed E-state index contributed by atoms with van der Waals surface area (Å²) in [5.41, 5.74) is 2.06. The summed E-state index contributed by atoms with van der Waals surface area (Å²) < 4.78 is 22.0. The topological polar surface area (TPSA) is 98.7 Å². The Kier molecular flexibility index (Phi) is 8.30. The molecule has 0 saturated carbocycles. The standard InChI is InChI=1S/C27H33N3O6/c1-33-22-10-9-18(13-23(22)34-2)16-29-26(31)8-4-5-12-36-25-15-21-20(14-24(25)35-3)27(32)30-11-6-7-19(30)17-28-21/h9-10,13-15,17,19H,4-8,11-12,16H2,1-3H3,(H,29,31)/t19-/m0/s1. The number of hydrogen-bond acceptors (Lipinski definition) is 7. The van der Waals surface area contributed by atoms with Gasteiger partial charge in [0, 0.05) is 31.8 Å². The number of carbonyl (C=O) groups excluding carboxylic acids is 2. The average molecular weight is 496 g/mol. The van der Waals surface area contributed by atoms with Gasteiger partial charge in [-0.3, -0.25) is 14.6 Å². The maximum absolute atomic E-state index is 13.0. The largest absolute Gasteiger partial charge is 0.493 e. The Morgan fingerprint density at radius 3 is 2.58 bits per heavy atom. The van der Waals surface area contributed by atoms with Gasteiger partial charge in [0.1, 0.15) is 0 Å². The minimum Gasteiger partial charge on any atom is -0.493 e. The molecule has 2 heterocycles. The number of methoxy groups -OCH3 is 3. The molecule has 0 unspecified atom stereocenters. The summed E-state index contributed by atoms with van der Waals surface area (Å²) >= 11 is 0. The van der Waals surface area contributed by atoms with Gasteiger partial charge in [0.2, 0.25) is 5.91 Å². The normalized spacial score (nSPS) is 16.1.